The molecule has 146 valence electrons. The summed E-state index contributed by atoms with van der Waals surface area (Å²) in [6, 6.07) is 10.8. The van der Waals surface area contributed by atoms with Gasteiger partial charge in [0.05, 0.1) is 12.2 Å². The van der Waals surface area contributed by atoms with E-state index in [-0.39, 0.29) is 0 Å². The van der Waals surface area contributed by atoms with Crippen LogP contribution in [0.4, 0.5) is 0 Å². The third kappa shape index (κ3) is 5.12. The minimum atomic E-state index is 0.373. The van der Waals surface area contributed by atoms with Gasteiger partial charge in [0.2, 0.25) is 0 Å². The lowest BCUT2D eigenvalue weighted by atomic mass is 9.96. The first-order valence-corrected chi connectivity index (χ1v) is 10.2. The maximum atomic E-state index is 5.46. The molecule has 0 saturated heterocycles. The van der Waals surface area contributed by atoms with E-state index in [1.165, 1.54) is 18.4 Å². The zero-order valence-electron chi connectivity index (χ0n) is 16.8. The summed E-state index contributed by atoms with van der Waals surface area (Å²) in [6.45, 7) is 8.71. The van der Waals surface area contributed by atoms with E-state index in [1.807, 2.05) is 0 Å². The van der Waals surface area contributed by atoms with Gasteiger partial charge in [0.25, 0.3) is 0 Å². The van der Waals surface area contributed by atoms with Crippen LogP contribution in [-0.4, -0.2) is 24.2 Å². The second-order valence-corrected chi connectivity index (χ2v) is 7.45. The molecule has 1 heterocycles. The van der Waals surface area contributed by atoms with Gasteiger partial charge >= 0.3 is 0 Å². The highest BCUT2D eigenvalue weighted by Crippen LogP contribution is 2.47. The topological polar surface area (TPSA) is 62.5 Å². The molecule has 27 heavy (non-hydrogen) atoms. The molecule has 1 aliphatic rings. The summed E-state index contributed by atoms with van der Waals surface area (Å²) in [7, 11) is 0. The second-order valence-electron chi connectivity index (χ2n) is 7.45. The number of rotatable bonds is 9. The molecule has 0 aliphatic heterocycles. The molecule has 0 spiro atoms. The van der Waals surface area contributed by atoms with Crippen LogP contribution in [0.3, 0.4) is 0 Å². The Morgan fingerprint density at radius 2 is 1.89 bits per heavy atom. The highest BCUT2D eigenvalue weighted by atomic mass is 16.5. The number of aryl methyl sites for hydroxylation is 2. The summed E-state index contributed by atoms with van der Waals surface area (Å²) in [6.07, 6.45) is 5.41. The van der Waals surface area contributed by atoms with Crippen molar-refractivity contribution in [3.8, 4) is 0 Å². The number of hydrogen-bond acceptors (Lipinski definition) is 3. The molecule has 0 atom stereocenters. The number of nitrogens with one attached hydrogen (secondary N) is 2. The Bertz CT molecular complexity index is 725. The molecule has 3 rings (SSSR count). The number of guanidine groups is 1. The van der Waals surface area contributed by atoms with Gasteiger partial charge in [-0.3, -0.25) is 0 Å². The average Bonchev–Trinajstić information content (AvgIpc) is 3.34. The summed E-state index contributed by atoms with van der Waals surface area (Å²) in [4.78, 5) is 4.81. The molecule has 0 amide bonds. The van der Waals surface area contributed by atoms with Crippen LogP contribution in [0.25, 0.3) is 0 Å². The van der Waals surface area contributed by atoms with Gasteiger partial charge in [-0.2, -0.15) is 0 Å². The van der Waals surface area contributed by atoms with Gasteiger partial charge in [-0.05, 0) is 43.6 Å². The van der Waals surface area contributed by atoms with Crippen LogP contribution < -0.4 is 10.6 Å². The summed E-state index contributed by atoms with van der Waals surface area (Å²) in [5, 5.41) is 11.1. The van der Waals surface area contributed by atoms with E-state index in [0.29, 0.717) is 12.0 Å². The largest absolute Gasteiger partial charge is 0.361 e. The number of benzene rings is 1. The van der Waals surface area contributed by atoms with Crippen LogP contribution in [0.1, 0.15) is 56.2 Å². The number of aliphatic imine (C=N–C) groups is 1. The molecule has 2 N–H and O–H groups in total. The van der Waals surface area contributed by atoms with Crippen molar-refractivity contribution in [1.82, 2.24) is 15.8 Å². The van der Waals surface area contributed by atoms with Crippen molar-refractivity contribution in [1.29, 1.82) is 0 Å². The van der Waals surface area contributed by atoms with E-state index in [4.69, 9.17) is 9.52 Å². The van der Waals surface area contributed by atoms with Crippen LogP contribution in [0.15, 0.2) is 39.8 Å². The third-order valence-corrected chi connectivity index (χ3v) is 5.36. The Kier molecular flexibility index (Phi) is 6.54. The molecule has 0 radical (unpaired) electrons. The number of nitrogens with zero attached hydrogens (tertiary/aromatic N) is 2. The lowest BCUT2D eigenvalue weighted by molar-refractivity contribution is 0.380. The first-order valence-electron chi connectivity index (χ1n) is 10.2. The van der Waals surface area contributed by atoms with Crippen molar-refractivity contribution in [2.45, 2.75) is 59.4 Å². The number of hydrogen-bond donors (Lipinski definition) is 2. The van der Waals surface area contributed by atoms with Crippen molar-refractivity contribution in [2.24, 2.45) is 10.4 Å². The smallest absolute Gasteiger partial charge is 0.191 e. The molecule has 1 saturated carbocycles. The van der Waals surface area contributed by atoms with Gasteiger partial charge in [0.1, 0.15) is 5.76 Å². The van der Waals surface area contributed by atoms with E-state index in [1.54, 1.807) is 0 Å². The van der Waals surface area contributed by atoms with E-state index in [0.717, 1.165) is 55.3 Å². The minimum absolute atomic E-state index is 0.373. The molecule has 0 bridgehead atoms. The van der Waals surface area contributed by atoms with Crippen molar-refractivity contribution in [3.05, 3.63) is 52.9 Å². The second kappa shape index (κ2) is 9.07. The van der Waals surface area contributed by atoms with Gasteiger partial charge in [-0.15, -0.1) is 0 Å². The zero-order valence-corrected chi connectivity index (χ0v) is 16.8. The highest BCUT2D eigenvalue weighted by Gasteiger charge is 2.42. The Labute approximate surface area is 162 Å². The fourth-order valence-electron chi connectivity index (χ4n) is 3.51. The monoisotopic (exact) mass is 368 g/mol. The molecular weight excluding hydrogens is 336 g/mol. The van der Waals surface area contributed by atoms with E-state index in [9.17, 15) is 0 Å². The van der Waals surface area contributed by atoms with Crippen LogP contribution >= 0.6 is 0 Å². The van der Waals surface area contributed by atoms with Gasteiger partial charge < -0.3 is 15.2 Å². The fraction of sp³-hybridized carbons (Fsp3) is 0.545. The average molecular weight is 369 g/mol. The van der Waals surface area contributed by atoms with Gasteiger partial charge in [0.15, 0.2) is 5.96 Å². The molecule has 1 aromatic heterocycles. The van der Waals surface area contributed by atoms with Gasteiger partial charge in [-0.25, -0.2) is 4.99 Å². The molecule has 5 nitrogen and oxygen atoms in total. The number of aromatic nitrogens is 1. The van der Waals surface area contributed by atoms with Crippen molar-refractivity contribution in [3.63, 3.8) is 0 Å². The lowest BCUT2D eigenvalue weighted by Gasteiger charge is -2.18. The Hall–Kier alpha value is -2.30. The van der Waals surface area contributed by atoms with E-state index in [2.05, 4.69) is 66.9 Å². The first kappa shape index (κ1) is 19.5. The molecule has 2 aromatic rings. The highest BCUT2D eigenvalue weighted by molar-refractivity contribution is 5.79. The third-order valence-electron chi connectivity index (χ3n) is 5.36. The SMILES string of the molecule is CCNC(=NCc1c(CC)noc1CC)NCC1(Cc2ccccc2)CC1. The van der Waals surface area contributed by atoms with Gasteiger partial charge in [0, 0.05) is 25.1 Å². The Morgan fingerprint density at radius 3 is 2.52 bits per heavy atom. The normalized spacial score (nSPS) is 15.6. The molecule has 5 heteroatoms. The molecule has 1 aliphatic carbocycles. The summed E-state index contributed by atoms with van der Waals surface area (Å²) in [5.41, 5.74) is 3.96. The predicted octanol–water partition coefficient (Wildman–Crippen LogP) is 3.88. The van der Waals surface area contributed by atoms with Crippen molar-refractivity contribution >= 4 is 5.96 Å². The fourth-order valence-corrected chi connectivity index (χ4v) is 3.51. The maximum Gasteiger partial charge on any atom is 0.191 e. The summed E-state index contributed by atoms with van der Waals surface area (Å²) < 4.78 is 5.46. The summed E-state index contributed by atoms with van der Waals surface area (Å²) >= 11 is 0. The van der Waals surface area contributed by atoms with Crippen LogP contribution in [0.5, 0.6) is 0 Å². The van der Waals surface area contributed by atoms with E-state index >= 15 is 0 Å². The van der Waals surface area contributed by atoms with Gasteiger partial charge in [-0.1, -0.05) is 49.3 Å². The molecule has 0 unspecified atom stereocenters. The predicted molar refractivity (Wildman–Crippen MR) is 110 cm³/mol. The standard InChI is InChI=1S/C22H32N4O/c1-4-19-18(20(5-2)27-26-19)15-24-21(23-6-3)25-16-22(12-13-22)14-17-10-8-7-9-11-17/h7-11H,4-6,12-16H2,1-3H3,(H2,23,24,25). The minimum Gasteiger partial charge on any atom is -0.361 e. The van der Waals surface area contributed by atoms with E-state index < -0.39 is 0 Å². The lowest BCUT2D eigenvalue weighted by Crippen LogP contribution is -2.40. The van der Waals surface area contributed by atoms with Crippen LogP contribution in [0.2, 0.25) is 0 Å². The molecule has 1 fully saturated rings. The quantitative estimate of drug-likeness (QED) is 0.521. The van der Waals surface area contributed by atoms with Crippen LogP contribution in [0, 0.1) is 5.41 Å². The zero-order chi connectivity index (χ0) is 19.1. The molecular formula is C22H32N4O. The first-order chi connectivity index (χ1) is 13.2. The Morgan fingerprint density at radius 1 is 1.11 bits per heavy atom. The van der Waals surface area contributed by atoms with Crippen molar-refractivity contribution < 1.29 is 4.52 Å². The Balaban J connectivity index is 1.62. The van der Waals surface area contributed by atoms with Crippen molar-refractivity contribution in [2.75, 3.05) is 13.1 Å². The molecule has 1 aromatic carbocycles. The van der Waals surface area contributed by atoms with Crippen LogP contribution in [-0.2, 0) is 25.8 Å². The maximum absolute atomic E-state index is 5.46. The summed E-state index contributed by atoms with van der Waals surface area (Å²) in [5.74, 6) is 1.83.